The minimum absolute atomic E-state index is 0.193. The molecule has 5 heteroatoms. The lowest BCUT2D eigenvalue weighted by Crippen LogP contribution is -2.34. The molecule has 0 spiro atoms. The van der Waals surface area contributed by atoms with Gasteiger partial charge in [0.1, 0.15) is 5.75 Å². The highest BCUT2D eigenvalue weighted by Gasteiger charge is 2.03. The molecule has 5 nitrogen and oxygen atoms in total. The number of nitriles is 1. The Morgan fingerprint density at radius 2 is 2.25 bits per heavy atom. The van der Waals surface area contributed by atoms with Crippen LogP contribution in [-0.4, -0.2) is 12.5 Å². The molecule has 16 heavy (non-hydrogen) atoms. The lowest BCUT2D eigenvalue weighted by molar-refractivity contribution is -0.123. The molecule has 0 radical (unpaired) electrons. The quantitative estimate of drug-likeness (QED) is 0.320. The van der Waals surface area contributed by atoms with Crippen molar-refractivity contribution in [2.45, 2.75) is 0 Å². The number of hydrazine groups is 1. The van der Waals surface area contributed by atoms with Crippen molar-refractivity contribution in [1.82, 2.24) is 5.43 Å². The van der Waals surface area contributed by atoms with Gasteiger partial charge < -0.3 is 4.74 Å². The molecule has 0 unspecified atom stereocenters. The Morgan fingerprint density at radius 1 is 1.50 bits per heavy atom. The zero-order chi connectivity index (χ0) is 11.8. The molecule has 0 heterocycles. The molecule has 80 valence electrons. The summed E-state index contributed by atoms with van der Waals surface area (Å²) in [4.78, 5) is 10.9. The first-order valence-corrected chi connectivity index (χ1v) is 4.39. The van der Waals surface area contributed by atoms with Gasteiger partial charge >= 0.3 is 0 Å². The van der Waals surface area contributed by atoms with Crippen molar-refractivity contribution < 1.29 is 9.53 Å². The molecule has 0 aliphatic rings. The van der Waals surface area contributed by atoms with E-state index in [0.717, 1.165) is 0 Å². The molecule has 0 aliphatic carbocycles. The SMILES string of the molecule is N#CC#Cc1ccccc1OCC(=O)NN. The molecule has 1 aromatic carbocycles. The van der Waals surface area contributed by atoms with Crippen LogP contribution in [0.4, 0.5) is 0 Å². The van der Waals surface area contributed by atoms with E-state index in [1.54, 1.807) is 30.3 Å². The monoisotopic (exact) mass is 215 g/mol. The Balaban J connectivity index is 2.80. The second-order valence-electron chi connectivity index (χ2n) is 2.71. The van der Waals surface area contributed by atoms with Crippen molar-refractivity contribution in [3.63, 3.8) is 0 Å². The minimum atomic E-state index is -0.442. The molecule has 0 bridgehead atoms. The Kier molecular flexibility index (Phi) is 4.39. The van der Waals surface area contributed by atoms with E-state index in [9.17, 15) is 4.79 Å². The Hall–Kier alpha value is -2.50. The molecule has 3 N–H and O–H groups in total. The number of carbonyl (C=O) groups excluding carboxylic acids is 1. The third-order valence-corrected chi connectivity index (χ3v) is 1.66. The van der Waals surface area contributed by atoms with Gasteiger partial charge in [0.25, 0.3) is 5.91 Å². The Labute approximate surface area is 92.8 Å². The van der Waals surface area contributed by atoms with Crippen LogP contribution in [0.2, 0.25) is 0 Å². The summed E-state index contributed by atoms with van der Waals surface area (Å²) in [5.74, 6) is 9.76. The molecule has 0 saturated carbocycles. The number of rotatable bonds is 3. The largest absolute Gasteiger partial charge is 0.482 e. The van der Waals surface area contributed by atoms with Gasteiger partial charge in [-0.1, -0.05) is 12.1 Å². The van der Waals surface area contributed by atoms with Crippen LogP contribution in [0.25, 0.3) is 0 Å². The van der Waals surface area contributed by atoms with Crippen LogP contribution in [0.1, 0.15) is 5.56 Å². The summed E-state index contributed by atoms with van der Waals surface area (Å²) in [5, 5.41) is 8.33. The molecule has 0 atom stereocenters. The second-order valence-corrected chi connectivity index (χ2v) is 2.71. The van der Waals surface area contributed by atoms with Gasteiger partial charge in [-0.2, -0.15) is 5.26 Å². The molecule has 1 rings (SSSR count). The number of hydrogen-bond acceptors (Lipinski definition) is 4. The molecule has 0 fully saturated rings. The van der Waals surface area contributed by atoms with Crippen molar-refractivity contribution >= 4 is 5.91 Å². The lowest BCUT2D eigenvalue weighted by Gasteiger charge is -2.06. The first kappa shape index (κ1) is 11.6. The van der Waals surface area contributed by atoms with Gasteiger partial charge in [0, 0.05) is 5.92 Å². The summed E-state index contributed by atoms with van der Waals surface area (Å²) >= 11 is 0. The van der Waals surface area contributed by atoms with E-state index in [1.165, 1.54) is 0 Å². The average Bonchev–Trinajstić information content (AvgIpc) is 2.34. The van der Waals surface area contributed by atoms with Gasteiger partial charge in [-0.3, -0.25) is 10.2 Å². The third-order valence-electron chi connectivity index (χ3n) is 1.66. The number of hydrogen-bond donors (Lipinski definition) is 2. The van der Waals surface area contributed by atoms with E-state index in [4.69, 9.17) is 15.8 Å². The van der Waals surface area contributed by atoms with Gasteiger partial charge in [-0.25, -0.2) is 5.84 Å². The number of para-hydroxylation sites is 1. The number of benzene rings is 1. The molecular weight excluding hydrogens is 206 g/mol. The van der Waals surface area contributed by atoms with Crippen LogP contribution in [0, 0.1) is 23.2 Å². The number of nitrogens with two attached hydrogens (primary N) is 1. The minimum Gasteiger partial charge on any atom is -0.482 e. The van der Waals surface area contributed by atoms with Crippen molar-refractivity contribution in [2.75, 3.05) is 6.61 Å². The van der Waals surface area contributed by atoms with Crippen molar-refractivity contribution in [3.05, 3.63) is 29.8 Å². The van der Waals surface area contributed by atoms with Crippen molar-refractivity contribution in [2.24, 2.45) is 5.84 Å². The predicted octanol–water partition coefficient (Wildman–Crippen LogP) is -0.0696. The molecule has 0 aliphatic heterocycles. The molecular formula is C11H9N3O2. The van der Waals surface area contributed by atoms with Crippen molar-refractivity contribution in [1.29, 1.82) is 5.26 Å². The zero-order valence-corrected chi connectivity index (χ0v) is 8.36. The van der Waals surface area contributed by atoms with E-state index in [1.807, 2.05) is 5.43 Å². The fourth-order valence-corrected chi connectivity index (χ4v) is 0.976. The summed E-state index contributed by atoms with van der Waals surface area (Å²) in [6.45, 7) is -0.193. The fourth-order valence-electron chi connectivity index (χ4n) is 0.976. The van der Waals surface area contributed by atoms with Crippen LogP contribution < -0.4 is 16.0 Å². The van der Waals surface area contributed by atoms with E-state index in [0.29, 0.717) is 11.3 Å². The highest BCUT2D eigenvalue weighted by atomic mass is 16.5. The topological polar surface area (TPSA) is 88.1 Å². The van der Waals surface area contributed by atoms with Crippen LogP contribution in [0.5, 0.6) is 5.75 Å². The average molecular weight is 215 g/mol. The Bertz CT molecular complexity index is 480. The number of nitrogens with one attached hydrogen (secondary N) is 1. The van der Waals surface area contributed by atoms with Gasteiger partial charge in [-0.05, 0) is 18.1 Å². The van der Waals surface area contributed by atoms with Gasteiger partial charge in [0.15, 0.2) is 12.7 Å². The Morgan fingerprint density at radius 3 is 2.94 bits per heavy atom. The summed E-state index contributed by atoms with van der Waals surface area (Å²) < 4.78 is 5.18. The van der Waals surface area contributed by atoms with Crippen LogP contribution in [-0.2, 0) is 4.79 Å². The van der Waals surface area contributed by atoms with Crippen LogP contribution in [0.3, 0.4) is 0 Å². The highest BCUT2D eigenvalue weighted by molar-refractivity contribution is 5.76. The standard InChI is InChI=1S/C11H9N3O2/c12-7-3-5-9-4-1-2-6-10(9)16-8-11(15)14-13/h1-2,4,6H,8,13H2,(H,14,15). The van der Waals surface area contributed by atoms with E-state index in [-0.39, 0.29) is 6.61 Å². The zero-order valence-electron chi connectivity index (χ0n) is 8.36. The third kappa shape index (κ3) is 3.33. The van der Waals surface area contributed by atoms with E-state index in [2.05, 4.69) is 11.8 Å². The number of carbonyl (C=O) groups is 1. The number of nitrogens with zero attached hydrogens (tertiary/aromatic N) is 1. The molecule has 0 aromatic heterocycles. The summed E-state index contributed by atoms with van der Waals surface area (Å²) in [6.07, 6.45) is 0. The first-order valence-electron chi connectivity index (χ1n) is 4.39. The molecule has 1 aromatic rings. The summed E-state index contributed by atoms with van der Waals surface area (Å²) in [6, 6.07) is 8.56. The molecule has 0 saturated heterocycles. The van der Waals surface area contributed by atoms with E-state index >= 15 is 0 Å². The normalized spacial score (nSPS) is 8.25. The second kappa shape index (κ2) is 6.07. The summed E-state index contributed by atoms with van der Waals surface area (Å²) in [5.41, 5.74) is 2.50. The number of ether oxygens (including phenoxy) is 1. The first-order chi connectivity index (χ1) is 7.77. The maximum atomic E-state index is 10.9. The fraction of sp³-hybridized carbons (Fsp3) is 0.0909. The van der Waals surface area contributed by atoms with Gasteiger partial charge in [0.05, 0.1) is 5.56 Å². The summed E-state index contributed by atoms with van der Waals surface area (Å²) in [7, 11) is 0. The van der Waals surface area contributed by atoms with Gasteiger partial charge in [-0.15, -0.1) is 0 Å². The maximum absolute atomic E-state index is 10.9. The maximum Gasteiger partial charge on any atom is 0.271 e. The van der Waals surface area contributed by atoms with Crippen LogP contribution in [0.15, 0.2) is 24.3 Å². The smallest absolute Gasteiger partial charge is 0.271 e. The molecule has 1 amide bonds. The number of amides is 1. The van der Waals surface area contributed by atoms with Crippen molar-refractivity contribution in [3.8, 4) is 23.7 Å². The highest BCUT2D eigenvalue weighted by Crippen LogP contribution is 2.16. The van der Waals surface area contributed by atoms with Crippen LogP contribution >= 0.6 is 0 Å². The predicted molar refractivity (Wildman–Crippen MR) is 56.8 cm³/mol. The van der Waals surface area contributed by atoms with E-state index < -0.39 is 5.91 Å². The van der Waals surface area contributed by atoms with Gasteiger partial charge in [0.2, 0.25) is 0 Å². The lowest BCUT2D eigenvalue weighted by atomic mass is 10.2.